The molecule has 8 heteroatoms. The molecule has 1 aliphatic rings. The van der Waals surface area contributed by atoms with Crippen LogP contribution < -0.4 is 0 Å². The van der Waals surface area contributed by atoms with Gasteiger partial charge in [0.15, 0.2) is 6.10 Å². The van der Waals surface area contributed by atoms with Gasteiger partial charge in [-0.05, 0) is 31.2 Å². The summed E-state index contributed by atoms with van der Waals surface area (Å²) in [5.41, 5.74) is 8.59. The van der Waals surface area contributed by atoms with Crippen molar-refractivity contribution in [3.63, 3.8) is 0 Å². The number of hydrogen-bond acceptors (Lipinski definition) is 6. The number of aliphatic hydroxyl groups excluding tert-OH is 3. The van der Waals surface area contributed by atoms with Gasteiger partial charge in [0.05, 0.1) is 18.8 Å². The summed E-state index contributed by atoms with van der Waals surface area (Å²) in [7, 11) is 0. The fourth-order valence-corrected chi connectivity index (χ4v) is 2.71. The Hall–Kier alpha value is -1.34. The Balaban J connectivity index is 2.78. The predicted octanol–water partition coefficient (Wildman–Crippen LogP) is 0.891. The van der Waals surface area contributed by atoms with Gasteiger partial charge < -0.3 is 20.1 Å². The summed E-state index contributed by atoms with van der Waals surface area (Å²) in [5.74, 6) is -1.11. The molecule has 1 rings (SSSR count). The van der Waals surface area contributed by atoms with Crippen molar-refractivity contribution in [3.8, 4) is 0 Å². The van der Waals surface area contributed by atoms with Crippen LogP contribution in [-0.2, 0) is 9.53 Å². The summed E-state index contributed by atoms with van der Waals surface area (Å²) < 4.78 is 4.61. The fourth-order valence-electron chi connectivity index (χ4n) is 2.71. The number of rotatable bonds is 7. The van der Waals surface area contributed by atoms with E-state index < -0.39 is 30.3 Å². The van der Waals surface area contributed by atoms with Gasteiger partial charge >= 0.3 is 5.97 Å². The van der Waals surface area contributed by atoms with Crippen LogP contribution in [0.3, 0.4) is 0 Å². The summed E-state index contributed by atoms with van der Waals surface area (Å²) in [5, 5.41) is 33.5. The van der Waals surface area contributed by atoms with E-state index in [9.17, 15) is 20.1 Å². The van der Waals surface area contributed by atoms with Gasteiger partial charge in [0, 0.05) is 4.91 Å². The first-order valence-corrected chi connectivity index (χ1v) is 7.28. The number of ether oxygens (including phenoxy) is 1. The molecule has 1 aliphatic carbocycles. The van der Waals surface area contributed by atoms with E-state index >= 15 is 0 Å². The molecule has 1 saturated carbocycles. The van der Waals surface area contributed by atoms with Crippen LogP contribution in [-0.4, -0.2) is 52.2 Å². The largest absolute Gasteiger partial charge is 0.464 e. The van der Waals surface area contributed by atoms with Crippen molar-refractivity contribution >= 4 is 5.97 Å². The number of carbonyl (C=O) groups is 1. The van der Waals surface area contributed by atoms with Gasteiger partial charge in [-0.25, -0.2) is 4.79 Å². The lowest BCUT2D eigenvalue weighted by atomic mass is 9.81. The molecule has 0 aromatic heterocycles. The first-order chi connectivity index (χ1) is 10.0. The molecule has 1 fully saturated rings. The van der Waals surface area contributed by atoms with Gasteiger partial charge in [-0.1, -0.05) is 24.4 Å². The highest BCUT2D eigenvalue weighted by atomic mass is 16.5. The van der Waals surface area contributed by atoms with Crippen LogP contribution in [0.2, 0.25) is 0 Å². The lowest BCUT2D eigenvalue weighted by molar-refractivity contribution is -0.161. The molecule has 0 unspecified atom stereocenters. The van der Waals surface area contributed by atoms with E-state index in [0.717, 1.165) is 32.1 Å². The third kappa shape index (κ3) is 4.86. The number of aliphatic hydroxyl groups is 3. The van der Waals surface area contributed by atoms with Gasteiger partial charge in [0.1, 0.15) is 6.10 Å². The molecule has 0 radical (unpaired) electrons. The number of hydrogen-bond donors (Lipinski definition) is 3. The minimum absolute atomic E-state index is 0.0555. The zero-order valence-electron chi connectivity index (χ0n) is 12.1. The van der Waals surface area contributed by atoms with E-state index in [1.54, 1.807) is 6.92 Å². The van der Waals surface area contributed by atoms with Gasteiger partial charge in [-0.3, -0.25) is 0 Å². The molecule has 0 aliphatic heterocycles. The quantitative estimate of drug-likeness (QED) is 0.278. The van der Waals surface area contributed by atoms with E-state index in [4.69, 9.17) is 5.53 Å². The summed E-state index contributed by atoms with van der Waals surface area (Å²) in [4.78, 5) is 14.0. The first kappa shape index (κ1) is 17.7. The molecule has 0 aromatic rings. The third-order valence-corrected chi connectivity index (χ3v) is 3.87. The maximum atomic E-state index is 11.4. The van der Waals surface area contributed by atoms with Crippen LogP contribution in [0.15, 0.2) is 5.11 Å². The molecular weight excluding hydrogens is 278 g/mol. The van der Waals surface area contributed by atoms with Gasteiger partial charge in [0.25, 0.3) is 0 Å². The highest BCUT2D eigenvalue weighted by Gasteiger charge is 2.39. The van der Waals surface area contributed by atoms with Crippen LogP contribution >= 0.6 is 0 Å². The van der Waals surface area contributed by atoms with E-state index in [0.29, 0.717) is 0 Å². The van der Waals surface area contributed by atoms with Crippen LogP contribution in [0.25, 0.3) is 10.4 Å². The van der Waals surface area contributed by atoms with Gasteiger partial charge in [-0.2, -0.15) is 0 Å². The van der Waals surface area contributed by atoms with Gasteiger partial charge in [-0.15, -0.1) is 0 Å². The molecule has 0 saturated heterocycles. The number of azide groups is 1. The summed E-state index contributed by atoms with van der Waals surface area (Å²) in [6.45, 7) is 1.62. The maximum Gasteiger partial charge on any atom is 0.337 e. The van der Waals surface area contributed by atoms with Gasteiger partial charge in [0.2, 0.25) is 0 Å². The van der Waals surface area contributed by atoms with E-state index in [1.165, 1.54) is 0 Å². The Labute approximate surface area is 123 Å². The van der Waals surface area contributed by atoms with Crippen LogP contribution in [0.5, 0.6) is 0 Å². The molecule has 120 valence electrons. The van der Waals surface area contributed by atoms with E-state index in [1.807, 2.05) is 0 Å². The zero-order valence-corrected chi connectivity index (χ0v) is 12.1. The van der Waals surface area contributed by atoms with Crippen molar-refractivity contribution < 1.29 is 24.9 Å². The standard InChI is InChI=1S/C13H23N3O5/c1-2-21-13(20)12(19)11(18)9(15-16-14)10(17)8-6-4-3-5-7-8/h8-12,17-19H,2-7H2,1H3/t9-,10-,11+,12-/m0/s1. The second-order valence-corrected chi connectivity index (χ2v) is 5.27. The van der Waals surface area contributed by atoms with Crippen LogP contribution in [0, 0.1) is 5.92 Å². The van der Waals surface area contributed by atoms with Crippen molar-refractivity contribution in [2.45, 2.75) is 63.4 Å². The summed E-state index contributed by atoms with van der Waals surface area (Å²) in [6.07, 6.45) is -0.107. The summed E-state index contributed by atoms with van der Waals surface area (Å²) >= 11 is 0. The molecule has 0 aromatic carbocycles. The minimum atomic E-state index is -1.85. The first-order valence-electron chi connectivity index (χ1n) is 7.28. The van der Waals surface area contributed by atoms with E-state index in [2.05, 4.69) is 14.8 Å². The Morgan fingerprint density at radius 2 is 1.95 bits per heavy atom. The average molecular weight is 301 g/mol. The SMILES string of the molecule is CCOC(=O)[C@@H](O)[C@H](O)[C@@H](N=[N+]=[N-])[C@@H](O)C1CCCCC1. The van der Waals surface area contributed by atoms with Crippen molar-refractivity contribution in [3.05, 3.63) is 10.4 Å². The highest BCUT2D eigenvalue weighted by molar-refractivity contribution is 5.75. The Morgan fingerprint density at radius 3 is 2.48 bits per heavy atom. The molecule has 4 atom stereocenters. The molecule has 0 bridgehead atoms. The molecular formula is C13H23N3O5. The predicted molar refractivity (Wildman–Crippen MR) is 74.2 cm³/mol. The van der Waals surface area contributed by atoms with Crippen molar-refractivity contribution in [2.75, 3.05) is 6.61 Å². The van der Waals surface area contributed by atoms with Crippen LogP contribution in [0.4, 0.5) is 0 Å². The molecule has 21 heavy (non-hydrogen) atoms. The topological polar surface area (TPSA) is 136 Å². The number of esters is 1. The second-order valence-electron chi connectivity index (χ2n) is 5.27. The average Bonchev–Trinajstić information content (AvgIpc) is 2.51. The Bertz CT molecular complexity index is 380. The minimum Gasteiger partial charge on any atom is -0.464 e. The lowest BCUT2D eigenvalue weighted by Gasteiger charge is -2.33. The monoisotopic (exact) mass is 301 g/mol. The smallest absolute Gasteiger partial charge is 0.337 e. The normalized spacial score (nSPS) is 21.7. The van der Waals surface area contributed by atoms with Crippen molar-refractivity contribution in [2.24, 2.45) is 11.0 Å². The third-order valence-electron chi connectivity index (χ3n) is 3.87. The molecule has 8 nitrogen and oxygen atoms in total. The number of nitrogens with zero attached hydrogens (tertiary/aromatic N) is 3. The zero-order chi connectivity index (χ0) is 15.8. The highest BCUT2D eigenvalue weighted by Crippen LogP contribution is 2.30. The molecule has 0 amide bonds. The second kappa shape index (κ2) is 8.84. The Kier molecular flexibility index (Phi) is 7.45. The Morgan fingerprint density at radius 1 is 1.33 bits per heavy atom. The van der Waals surface area contributed by atoms with Crippen molar-refractivity contribution in [1.82, 2.24) is 0 Å². The maximum absolute atomic E-state index is 11.4. The fraction of sp³-hybridized carbons (Fsp3) is 0.923. The molecule has 3 N–H and O–H groups in total. The van der Waals surface area contributed by atoms with Crippen molar-refractivity contribution in [1.29, 1.82) is 0 Å². The number of carbonyl (C=O) groups excluding carboxylic acids is 1. The van der Waals surface area contributed by atoms with Crippen LogP contribution in [0.1, 0.15) is 39.0 Å². The summed E-state index contributed by atoms with van der Waals surface area (Å²) in [6, 6.07) is -1.28. The lowest BCUT2D eigenvalue weighted by Crippen LogP contribution is -2.49. The molecule has 0 heterocycles. The molecule has 0 spiro atoms. The van der Waals surface area contributed by atoms with E-state index in [-0.39, 0.29) is 12.5 Å².